The number of imidazole rings is 1. The van der Waals surface area contributed by atoms with E-state index in [0.717, 1.165) is 26.7 Å². The number of hydrogen-bond donors (Lipinski definition) is 1. The lowest BCUT2D eigenvalue weighted by molar-refractivity contribution is 0.136. The third-order valence-corrected chi connectivity index (χ3v) is 9.92. The molecule has 47 heavy (non-hydrogen) atoms. The zero-order valence-electron chi connectivity index (χ0n) is 26.3. The van der Waals surface area contributed by atoms with Crippen molar-refractivity contribution in [3.8, 4) is 11.5 Å². The van der Waals surface area contributed by atoms with E-state index in [9.17, 15) is 9.36 Å². The van der Waals surface area contributed by atoms with E-state index >= 15 is 0 Å². The van der Waals surface area contributed by atoms with E-state index < -0.39 is 13.7 Å². The average molecular weight is 691 g/mol. The molecule has 0 saturated carbocycles. The average Bonchev–Trinajstić information content (AvgIpc) is 3.37. The molecule has 9 nitrogen and oxygen atoms in total. The molecule has 0 aliphatic heterocycles. The minimum atomic E-state index is -3.70. The Labute approximate surface area is 284 Å². The number of nitrogens with zero attached hydrogens (tertiary/aromatic N) is 3. The topological polar surface area (TPSA) is 105 Å². The molecule has 0 bridgehead atoms. The van der Waals surface area contributed by atoms with Crippen molar-refractivity contribution in [2.75, 3.05) is 12.7 Å². The van der Waals surface area contributed by atoms with Crippen LogP contribution in [-0.4, -0.2) is 33.3 Å². The van der Waals surface area contributed by atoms with Gasteiger partial charge in [0.1, 0.15) is 22.3 Å². The number of halogens is 1. The Morgan fingerprint density at radius 2 is 1.60 bits per heavy atom. The molecule has 3 aromatic carbocycles. The van der Waals surface area contributed by atoms with E-state index in [-0.39, 0.29) is 25.2 Å². The summed E-state index contributed by atoms with van der Waals surface area (Å²) in [5.41, 5.74) is 2.97. The van der Waals surface area contributed by atoms with Gasteiger partial charge < -0.3 is 23.7 Å². The highest BCUT2D eigenvalue weighted by Crippen LogP contribution is 2.48. The van der Waals surface area contributed by atoms with Crippen LogP contribution in [0.4, 0.5) is 4.79 Å². The molecule has 0 radical (unpaired) electrons. The smallest absolute Gasteiger partial charge is 0.432 e. The fourth-order valence-corrected chi connectivity index (χ4v) is 7.84. The maximum Gasteiger partial charge on any atom is 0.432 e. The number of benzene rings is 3. The summed E-state index contributed by atoms with van der Waals surface area (Å²) >= 11 is 7.96. The van der Waals surface area contributed by atoms with Gasteiger partial charge >= 0.3 is 13.7 Å². The maximum absolute atomic E-state index is 13.8. The molecule has 0 spiro atoms. The van der Waals surface area contributed by atoms with E-state index in [1.807, 2.05) is 43.3 Å². The second-order valence-corrected chi connectivity index (χ2v) is 14.6. The lowest BCUT2D eigenvalue weighted by atomic mass is 10.1. The summed E-state index contributed by atoms with van der Waals surface area (Å²) in [6.07, 6.45) is 2.72. The molecule has 2 aromatic heterocycles. The van der Waals surface area contributed by atoms with Crippen LogP contribution in [0.2, 0.25) is 5.02 Å². The monoisotopic (exact) mass is 690 g/mol. The minimum Gasteiger partial charge on any atom is -0.441 e. The first kappa shape index (κ1) is 34.1. The van der Waals surface area contributed by atoms with Crippen LogP contribution >= 0.6 is 31.0 Å². The van der Waals surface area contributed by atoms with Crippen LogP contribution < -0.4 is 14.4 Å². The first-order valence-corrected chi connectivity index (χ1v) is 18.0. The number of amides is 1. The number of aryl methyl sites for hydroxylation is 1. The van der Waals surface area contributed by atoms with Gasteiger partial charge in [0.05, 0.1) is 18.4 Å². The van der Waals surface area contributed by atoms with Crippen LogP contribution in [0, 0.1) is 6.92 Å². The summed E-state index contributed by atoms with van der Waals surface area (Å²) < 4.78 is 33.1. The SMILES string of the molecule is Cc1cc(Cl)cc(Sc2c(C(C)C)nc(COC(=O)NCCP(=O)(Oc3ccccc3)Oc3ccccc3)n2Cc2ccncc2)c1. The summed E-state index contributed by atoms with van der Waals surface area (Å²) in [7, 11) is -3.70. The van der Waals surface area contributed by atoms with Crippen molar-refractivity contribution in [2.24, 2.45) is 0 Å². The van der Waals surface area contributed by atoms with Gasteiger partial charge in [-0.25, -0.2) is 14.3 Å². The van der Waals surface area contributed by atoms with Crippen molar-refractivity contribution in [1.82, 2.24) is 19.9 Å². The third-order valence-electron chi connectivity index (χ3n) is 6.86. The summed E-state index contributed by atoms with van der Waals surface area (Å²) in [4.78, 5) is 23.0. The van der Waals surface area contributed by atoms with Crippen molar-refractivity contribution in [3.63, 3.8) is 0 Å². The highest BCUT2D eigenvalue weighted by Gasteiger charge is 2.29. The van der Waals surface area contributed by atoms with Crippen molar-refractivity contribution >= 4 is 37.1 Å². The number of para-hydroxylation sites is 2. The Bertz CT molecular complexity index is 1760. The van der Waals surface area contributed by atoms with E-state index in [0.29, 0.717) is 28.9 Å². The molecule has 0 unspecified atom stereocenters. The standard InChI is InChI=1S/C35H36ClN4O5PS/c1-25(2)33-34(47-31-21-26(3)20-28(36)22-31)40(23-27-14-16-37-17-15-27)32(39-33)24-43-35(41)38-18-19-46(42,44-29-10-6-4-7-11-29)45-30-12-8-5-9-13-30/h4-17,20-22,25H,18-19,23-24H2,1-3H3,(H,38,41). The summed E-state index contributed by atoms with van der Waals surface area (Å²) in [5, 5.41) is 4.29. The van der Waals surface area contributed by atoms with Crippen LogP contribution in [0.3, 0.4) is 0 Å². The van der Waals surface area contributed by atoms with Crippen molar-refractivity contribution in [3.05, 3.63) is 131 Å². The maximum atomic E-state index is 13.8. The zero-order valence-corrected chi connectivity index (χ0v) is 28.8. The van der Waals surface area contributed by atoms with Crippen LogP contribution in [0.1, 0.15) is 42.4 Å². The molecular formula is C35H36ClN4O5PS. The van der Waals surface area contributed by atoms with Gasteiger partial charge in [0.25, 0.3) is 0 Å². The zero-order chi connectivity index (χ0) is 33.2. The highest BCUT2D eigenvalue weighted by atomic mass is 35.5. The van der Waals surface area contributed by atoms with Gasteiger partial charge in [0.2, 0.25) is 0 Å². The van der Waals surface area contributed by atoms with E-state index in [1.165, 1.54) is 0 Å². The van der Waals surface area contributed by atoms with Gasteiger partial charge in [0, 0.05) is 28.9 Å². The van der Waals surface area contributed by atoms with Crippen LogP contribution in [-0.2, 0) is 22.5 Å². The minimum absolute atomic E-state index is 0.00625. The molecule has 0 saturated heterocycles. The van der Waals surface area contributed by atoms with Gasteiger partial charge in [-0.2, -0.15) is 0 Å². The predicted molar refractivity (Wildman–Crippen MR) is 185 cm³/mol. The number of pyridine rings is 1. The molecule has 0 fully saturated rings. The Balaban J connectivity index is 1.30. The summed E-state index contributed by atoms with van der Waals surface area (Å²) in [6, 6.07) is 27.4. The Hall–Kier alpha value is -4.24. The Morgan fingerprint density at radius 1 is 0.957 bits per heavy atom. The van der Waals surface area contributed by atoms with Gasteiger partial charge in [-0.05, 0) is 78.6 Å². The van der Waals surface area contributed by atoms with Crippen LogP contribution in [0.25, 0.3) is 0 Å². The van der Waals surface area contributed by atoms with Gasteiger partial charge in [-0.3, -0.25) is 4.98 Å². The fourth-order valence-electron chi connectivity index (χ4n) is 4.67. The van der Waals surface area contributed by atoms with Gasteiger partial charge in [-0.15, -0.1) is 0 Å². The molecule has 5 aromatic rings. The van der Waals surface area contributed by atoms with E-state index in [4.69, 9.17) is 30.4 Å². The van der Waals surface area contributed by atoms with Crippen LogP contribution in [0.15, 0.2) is 113 Å². The van der Waals surface area contributed by atoms with Crippen molar-refractivity contribution in [2.45, 2.75) is 49.8 Å². The first-order valence-electron chi connectivity index (χ1n) is 15.1. The van der Waals surface area contributed by atoms with Crippen molar-refractivity contribution in [1.29, 1.82) is 0 Å². The Kier molecular flexibility index (Phi) is 11.6. The third kappa shape index (κ3) is 9.88. The normalized spacial score (nSPS) is 11.3. The number of carbonyl (C=O) groups is 1. The lowest BCUT2D eigenvalue weighted by Gasteiger charge is -2.20. The predicted octanol–water partition coefficient (Wildman–Crippen LogP) is 9.14. The molecule has 5 rings (SSSR count). The van der Waals surface area contributed by atoms with E-state index in [1.54, 1.807) is 72.7 Å². The second kappa shape index (κ2) is 16.0. The number of aromatic nitrogens is 3. The molecule has 2 heterocycles. The highest BCUT2D eigenvalue weighted by molar-refractivity contribution is 7.99. The van der Waals surface area contributed by atoms with Gasteiger partial charge in [0.15, 0.2) is 6.61 Å². The first-order chi connectivity index (χ1) is 22.7. The molecule has 0 aliphatic carbocycles. The van der Waals surface area contributed by atoms with Gasteiger partial charge in [-0.1, -0.05) is 73.6 Å². The largest absolute Gasteiger partial charge is 0.441 e. The number of nitrogens with one attached hydrogen (secondary N) is 1. The quantitative estimate of drug-likeness (QED) is 0.115. The molecule has 0 atom stereocenters. The number of alkyl carbamates (subject to hydrolysis) is 1. The van der Waals surface area contributed by atoms with Crippen LogP contribution in [0.5, 0.6) is 11.5 Å². The fraction of sp³-hybridized carbons (Fsp3) is 0.229. The lowest BCUT2D eigenvalue weighted by Crippen LogP contribution is -2.28. The van der Waals surface area contributed by atoms with Crippen molar-refractivity contribution < 1.29 is 23.1 Å². The molecule has 1 amide bonds. The van der Waals surface area contributed by atoms with E-state index in [2.05, 4.69) is 34.8 Å². The Morgan fingerprint density at radius 3 is 2.19 bits per heavy atom. The molecule has 0 aliphatic rings. The molecule has 12 heteroatoms. The molecule has 244 valence electrons. The molecular weight excluding hydrogens is 655 g/mol. The summed E-state index contributed by atoms with van der Waals surface area (Å²) in [6.45, 7) is 6.58. The summed E-state index contributed by atoms with van der Waals surface area (Å²) in [5.74, 6) is 1.50. The molecule has 1 N–H and O–H groups in total. The number of carbonyl (C=O) groups excluding carboxylic acids is 1. The number of hydrogen-bond acceptors (Lipinski definition) is 8. The number of rotatable bonds is 14. The number of ether oxygens (including phenoxy) is 1. The second-order valence-electron chi connectivity index (χ2n) is 11.0.